The minimum atomic E-state index is -0.252. The molecule has 2 saturated heterocycles. The summed E-state index contributed by atoms with van der Waals surface area (Å²) in [6.07, 6.45) is -0.252. The summed E-state index contributed by atoms with van der Waals surface area (Å²) in [5.41, 5.74) is 5.10. The Balaban J connectivity index is 0.000000177. The van der Waals surface area contributed by atoms with Crippen molar-refractivity contribution in [2.24, 2.45) is 0 Å². The lowest BCUT2D eigenvalue weighted by molar-refractivity contribution is 0.0812. The first-order valence-corrected chi connectivity index (χ1v) is 15.9. The van der Waals surface area contributed by atoms with Crippen molar-refractivity contribution in [3.8, 4) is 0 Å². The molecule has 230 valence electrons. The average Bonchev–Trinajstić information content (AvgIpc) is 3.08. The van der Waals surface area contributed by atoms with Gasteiger partial charge in [0.25, 0.3) is 0 Å². The van der Waals surface area contributed by atoms with Crippen molar-refractivity contribution in [2.45, 2.75) is 12.1 Å². The molecule has 2 heterocycles. The van der Waals surface area contributed by atoms with Crippen LogP contribution in [0, 0.1) is 0 Å². The molecule has 0 spiro atoms. The van der Waals surface area contributed by atoms with Gasteiger partial charge in [0.15, 0.2) is 0 Å². The fourth-order valence-corrected chi connectivity index (χ4v) is 6.27. The third kappa shape index (κ3) is 8.40. The molecule has 0 bridgehead atoms. The molecule has 2 unspecified atom stereocenters. The van der Waals surface area contributed by atoms with E-state index >= 15 is 0 Å². The fraction of sp³-hybridized carbons (Fsp3) is 0.306. The van der Waals surface area contributed by atoms with E-state index in [1.54, 1.807) is 4.90 Å². The predicted octanol–water partition coefficient (Wildman–Crippen LogP) is 7.15. The summed E-state index contributed by atoms with van der Waals surface area (Å²) >= 11 is 12.1. The summed E-state index contributed by atoms with van der Waals surface area (Å²) in [6, 6.07) is 37.9. The number of methoxy groups -OCH3 is 1. The Kier molecular flexibility index (Phi) is 11.7. The summed E-state index contributed by atoms with van der Waals surface area (Å²) in [4.78, 5) is 18.4. The number of ether oxygens (including phenoxy) is 1. The zero-order valence-corrected chi connectivity index (χ0v) is 26.6. The number of nitrogens with one attached hydrogen (secondary N) is 1. The van der Waals surface area contributed by atoms with Crippen LogP contribution in [0.2, 0.25) is 10.0 Å². The van der Waals surface area contributed by atoms with E-state index in [1.165, 1.54) is 29.4 Å². The summed E-state index contributed by atoms with van der Waals surface area (Å²) in [5.74, 6) is 0. The Morgan fingerprint density at radius 2 is 0.977 bits per heavy atom. The predicted molar refractivity (Wildman–Crippen MR) is 179 cm³/mol. The highest BCUT2D eigenvalue weighted by Crippen LogP contribution is 2.31. The molecule has 44 heavy (non-hydrogen) atoms. The molecule has 6 rings (SSSR count). The number of halogens is 2. The topological polar surface area (TPSA) is 48.1 Å². The van der Waals surface area contributed by atoms with E-state index in [2.05, 4.69) is 94.0 Å². The Bertz CT molecular complexity index is 1420. The molecule has 0 saturated carbocycles. The third-order valence-corrected chi connectivity index (χ3v) is 8.74. The molecule has 6 nitrogen and oxygen atoms in total. The van der Waals surface area contributed by atoms with E-state index in [9.17, 15) is 4.79 Å². The number of rotatable bonds is 6. The van der Waals surface area contributed by atoms with Gasteiger partial charge in [-0.15, -0.1) is 0 Å². The summed E-state index contributed by atoms with van der Waals surface area (Å²) in [7, 11) is 1.43. The number of carbonyl (C=O) groups excluding carboxylic acids is 1. The lowest BCUT2D eigenvalue weighted by Gasteiger charge is -2.39. The van der Waals surface area contributed by atoms with E-state index in [1.807, 2.05) is 30.3 Å². The molecule has 2 aliphatic rings. The van der Waals surface area contributed by atoms with Gasteiger partial charge >= 0.3 is 6.09 Å². The van der Waals surface area contributed by atoms with Gasteiger partial charge in [0.1, 0.15) is 0 Å². The zero-order valence-electron chi connectivity index (χ0n) is 25.1. The molecule has 2 fully saturated rings. The van der Waals surface area contributed by atoms with E-state index in [4.69, 9.17) is 27.9 Å². The molecular formula is C36H40Cl2N4O2. The van der Waals surface area contributed by atoms with E-state index < -0.39 is 0 Å². The van der Waals surface area contributed by atoms with Crippen LogP contribution in [0.4, 0.5) is 4.79 Å². The maximum absolute atomic E-state index is 11.7. The van der Waals surface area contributed by atoms with Crippen LogP contribution in [0.1, 0.15) is 34.3 Å². The monoisotopic (exact) mass is 630 g/mol. The van der Waals surface area contributed by atoms with Crippen molar-refractivity contribution < 1.29 is 9.53 Å². The van der Waals surface area contributed by atoms with Gasteiger partial charge in [-0.25, -0.2) is 4.79 Å². The van der Waals surface area contributed by atoms with Crippen LogP contribution in [0.5, 0.6) is 0 Å². The number of hydrogen-bond acceptors (Lipinski definition) is 5. The van der Waals surface area contributed by atoms with Gasteiger partial charge in [-0.2, -0.15) is 0 Å². The van der Waals surface area contributed by atoms with Crippen molar-refractivity contribution in [1.29, 1.82) is 0 Å². The first-order valence-electron chi connectivity index (χ1n) is 15.2. The molecule has 4 aromatic rings. The Morgan fingerprint density at radius 1 is 0.591 bits per heavy atom. The number of hydrogen-bond donors (Lipinski definition) is 1. The van der Waals surface area contributed by atoms with Crippen molar-refractivity contribution in [3.05, 3.63) is 141 Å². The highest BCUT2D eigenvalue weighted by atomic mass is 35.5. The maximum Gasteiger partial charge on any atom is 0.409 e. The second-order valence-electron chi connectivity index (χ2n) is 11.0. The minimum absolute atomic E-state index is 0.156. The number of benzene rings is 4. The Labute approximate surface area is 271 Å². The Hall–Kier alpha value is -3.39. The molecule has 0 aromatic heterocycles. The van der Waals surface area contributed by atoms with Crippen LogP contribution in [0.3, 0.4) is 0 Å². The van der Waals surface area contributed by atoms with Gasteiger partial charge in [-0.3, -0.25) is 9.80 Å². The second kappa shape index (κ2) is 16.1. The number of nitrogens with zero attached hydrogens (tertiary/aromatic N) is 3. The molecule has 1 amide bonds. The maximum atomic E-state index is 11.7. The van der Waals surface area contributed by atoms with Gasteiger partial charge in [-0.05, 0) is 46.5 Å². The molecular weight excluding hydrogens is 591 g/mol. The first-order chi connectivity index (χ1) is 21.5. The van der Waals surface area contributed by atoms with Crippen LogP contribution >= 0.6 is 23.2 Å². The molecule has 2 atom stereocenters. The quantitative estimate of drug-likeness (QED) is 0.245. The molecule has 0 aliphatic carbocycles. The van der Waals surface area contributed by atoms with E-state index in [0.717, 1.165) is 49.3 Å². The standard InChI is InChI=1S/C19H21ClN2O2.C17H19ClN2/c1-24-19(23)22-13-11-21(12-14-22)18(15-5-3-2-4-6-15)16-7-9-17(20)10-8-16;18-16-8-6-15(7-9-16)17(14-4-2-1-3-5-14)20-12-10-19-11-13-20/h2-10,18H,11-14H2,1H3;1-9,17,19H,10-13H2. The van der Waals surface area contributed by atoms with E-state index in [-0.39, 0.29) is 12.1 Å². The average molecular weight is 632 g/mol. The Morgan fingerprint density at radius 3 is 1.39 bits per heavy atom. The van der Waals surface area contributed by atoms with Crippen molar-refractivity contribution >= 4 is 29.3 Å². The van der Waals surface area contributed by atoms with Crippen LogP contribution in [-0.2, 0) is 4.74 Å². The third-order valence-electron chi connectivity index (χ3n) is 8.23. The van der Waals surface area contributed by atoms with E-state index in [0.29, 0.717) is 19.1 Å². The van der Waals surface area contributed by atoms with Crippen LogP contribution in [0.15, 0.2) is 109 Å². The molecule has 2 aliphatic heterocycles. The van der Waals surface area contributed by atoms with Gasteiger partial charge < -0.3 is 15.0 Å². The highest BCUT2D eigenvalue weighted by molar-refractivity contribution is 6.30. The van der Waals surface area contributed by atoms with Crippen molar-refractivity contribution in [1.82, 2.24) is 20.0 Å². The van der Waals surface area contributed by atoms with Gasteiger partial charge in [-0.1, -0.05) is 108 Å². The largest absolute Gasteiger partial charge is 0.453 e. The summed E-state index contributed by atoms with van der Waals surface area (Å²) < 4.78 is 4.82. The summed E-state index contributed by atoms with van der Waals surface area (Å²) in [6.45, 7) is 7.19. The van der Waals surface area contributed by atoms with Crippen molar-refractivity contribution in [3.63, 3.8) is 0 Å². The van der Waals surface area contributed by atoms with Crippen LogP contribution in [0.25, 0.3) is 0 Å². The molecule has 0 radical (unpaired) electrons. The SMILES string of the molecule is COC(=O)N1CCN(C(c2ccccc2)c2ccc(Cl)cc2)CC1.Clc1ccc(C(c2ccccc2)N2CCNCC2)cc1. The van der Waals surface area contributed by atoms with Gasteiger partial charge in [0.05, 0.1) is 19.2 Å². The lowest BCUT2D eigenvalue weighted by Crippen LogP contribution is -2.49. The lowest BCUT2D eigenvalue weighted by atomic mass is 9.96. The molecule has 4 aromatic carbocycles. The highest BCUT2D eigenvalue weighted by Gasteiger charge is 2.28. The molecule has 1 N–H and O–H groups in total. The van der Waals surface area contributed by atoms with Gasteiger partial charge in [0, 0.05) is 62.4 Å². The van der Waals surface area contributed by atoms with Crippen LogP contribution < -0.4 is 5.32 Å². The molecule has 8 heteroatoms. The number of carbonyl (C=O) groups is 1. The first kappa shape index (κ1) is 32.0. The number of amides is 1. The smallest absolute Gasteiger partial charge is 0.409 e. The fourth-order valence-electron chi connectivity index (χ4n) is 6.02. The van der Waals surface area contributed by atoms with Gasteiger partial charge in [0.2, 0.25) is 0 Å². The normalized spacial score (nSPS) is 17.2. The summed E-state index contributed by atoms with van der Waals surface area (Å²) in [5, 5.41) is 4.95. The zero-order chi connectivity index (χ0) is 30.7. The minimum Gasteiger partial charge on any atom is -0.453 e. The second-order valence-corrected chi connectivity index (χ2v) is 11.9. The van der Waals surface area contributed by atoms with Crippen molar-refractivity contribution in [2.75, 3.05) is 59.5 Å². The number of piperazine rings is 2. The van der Waals surface area contributed by atoms with Crippen LogP contribution in [-0.4, -0.2) is 80.3 Å².